The maximum Gasteiger partial charge on any atom is 0.328 e. The summed E-state index contributed by atoms with van der Waals surface area (Å²) < 4.78 is 22.3. The van der Waals surface area contributed by atoms with Gasteiger partial charge in [0.2, 0.25) is 5.91 Å². The first-order chi connectivity index (χ1) is 9.06. The van der Waals surface area contributed by atoms with Gasteiger partial charge in [-0.3, -0.25) is 4.79 Å². The summed E-state index contributed by atoms with van der Waals surface area (Å²) in [7, 11) is 2.60. The van der Waals surface area contributed by atoms with Gasteiger partial charge in [-0.2, -0.15) is 0 Å². The molecule has 0 fully saturated rings. The zero-order valence-corrected chi connectivity index (χ0v) is 10.8. The highest BCUT2D eigenvalue weighted by Gasteiger charge is 2.21. The van der Waals surface area contributed by atoms with E-state index in [1.165, 1.54) is 32.4 Å². The summed E-state index contributed by atoms with van der Waals surface area (Å²) in [5, 5.41) is 2.48. The summed E-state index contributed by atoms with van der Waals surface area (Å²) in [6.45, 7) is -0.156. The van der Waals surface area contributed by atoms with E-state index in [1.807, 2.05) is 0 Å². The van der Waals surface area contributed by atoms with Gasteiger partial charge in [-0.15, -0.1) is 0 Å². The highest BCUT2D eigenvalue weighted by molar-refractivity contribution is 5.85. The minimum absolute atomic E-state index is 0.153. The Balaban J connectivity index is 2.74. The van der Waals surface area contributed by atoms with Gasteiger partial charge in [-0.1, -0.05) is 12.1 Å². The van der Waals surface area contributed by atoms with Crippen LogP contribution in [-0.2, 0) is 25.5 Å². The number of nitrogens with one attached hydrogen (secondary N) is 1. The third kappa shape index (κ3) is 5.05. The number of ether oxygens (including phenoxy) is 2. The molecule has 1 amide bonds. The number of carbonyl (C=O) groups excluding carboxylic acids is 2. The molecule has 0 saturated heterocycles. The van der Waals surface area contributed by atoms with Crippen molar-refractivity contribution < 1.29 is 23.5 Å². The summed E-state index contributed by atoms with van der Waals surface area (Å²) in [5.74, 6) is -1.42. The van der Waals surface area contributed by atoms with E-state index in [4.69, 9.17) is 0 Å². The Bertz CT molecular complexity index is 450. The van der Waals surface area contributed by atoms with Crippen LogP contribution in [-0.4, -0.2) is 38.7 Å². The minimum Gasteiger partial charge on any atom is -0.467 e. The Labute approximate surface area is 110 Å². The second-order valence-corrected chi connectivity index (χ2v) is 3.91. The van der Waals surface area contributed by atoms with Crippen LogP contribution in [0.1, 0.15) is 5.56 Å². The molecule has 104 valence electrons. The van der Waals surface area contributed by atoms with E-state index < -0.39 is 23.7 Å². The van der Waals surface area contributed by atoms with Crippen LogP contribution in [0.2, 0.25) is 0 Å². The van der Waals surface area contributed by atoms with Crippen LogP contribution in [0.4, 0.5) is 4.39 Å². The number of benzene rings is 1. The van der Waals surface area contributed by atoms with E-state index in [2.05, 4.69) is 14.8 Å². The van der Waals surface area contributed by atoms with Crippen LogP contribution in [0.15, 0.2) is 24.3 Å². The molecule has 1 N–H and O–H groups in total. The molecule has 1 aromatic rings. The summed E-state index contributed by atoms with van der Waals surface area (Å²) in [6, 6.07) is 4.95. The third-order valence-corrected chi connectivity index (χ3v) is 2.43. The standard InChI is InChI=1S/C13H16FNO4/c1-18-8-12(16)15-11(13(17)19-2)7-9-4-3-5-10(14)6-9/h3-6,11H,7-8H2,1-2H3,(H,15,16)/t11-/m1/s1. The van der Waals surface area contributed by atoms with Gasteiger partial charge in [0.15, 0.2) is 0 Å². The molecular formula is C13H16FNO4. The zero-order valence-electron chi connectivity index (χ0n) is 10.8. The molecule has 6 heteroatoms. The molecule has 0 aliphatic carbocycles. The fourth-order valence-electron chi connectivity index (χ4n) is 1.60. The SMILES string of the molecule is COCC(=O)N[C@H](Cc1cccc(F)c1)C(=O)OC. The van der Waals surface area contributed by atoms with Crippen molar-refractivity contribution in [1.82, 2.24) is 5.32 Å². The number of carbonyl (C=O) groups is 2. The molecule has 0 saturated carbocycles. The van der Waals surface area contributed by atoms with Crippen molar-refractivity contribution >= 4 is 11.9 Å². The maximum atomic E-state index is 13.1. The molecule has 0 aromatic heterocycles. The number of hydrogen-bond acceptors (Lipinski definition) is 4. The van der Waals surface area contributed by atoms with Crippen molar-refractivity contribution in [2.24, 2.45) is 0 Å². The van der Waals surface area contributed by atoms with E-state index in [1.54, 1.807) is 6.07 Å². The van der Waals surface area contributed by atoms with Crippen molar-refractivity contribution in [3.63, 3.8) is 0 Å². The van der Waals surface area contributed by atoms with Crippen molar-refractivity contribution in [3.8, 4) is 0 Å². The molecule has 0 bridgehead atoms. The fourth-order valence-corrected chi connectivity index (χ4v) is 1.60. The van der Waals surface area contributed by atoms with Gasteiger partial charge in [0, 0.05) is 13.5 Å². The Morgan fingerprint density at radius 3 is 2.68 bits per heavy atom. The lowest BCUT2D eigenvalue weighted by molar-refractivity contribution is -0.145. The Hall–Kier alpha value is -1.95. The number of hydrogen-bond donors (Lipinski definition) is 1. The van der Waals surface area contributed by atoms with Gasteiger partial charge in [-0.05, 0) is 17.7 Å². The molecule has 0 unspecified atom stereocenters. The van der Waals surface area contributed by atoms with Crippen LogP contribution < -0.4 is 5.32 Å². The summed E-state index contributed by atoms with van der Waals surface area (Å²) in [4.78, 5) is 23.0. The van der Waals surface area contributed by atoms with Gasteiger partial charge in [-0.25, -0.2) is 9.18 Å². The molecule has 1 atom stereocenters. The average molecular weight is 269 g/mol. The lowest BCUT2D eigenvalue weighted by Gasteiger charge is -2.16. The van der Waals surface area contributed by atoms with Crippen LogP contribution in [0.3, 0.4) is 0 Å². The predicted molar refractivity (Wildman–Crippen MR) is 65.9 cm³/mol. The van der Waals surface area contributed by atoms with Gasteiger partial charge in [0.05, 0.1) is 7.11 Å². The van der Waals surface area contributed by atoms with Crippen molar-refractivity contribution in [3.05, 3.63) is 35.6 Å². The first-order valence-corrected chi connectivity index (χ1v) is 5.67. The van der Waals surface area contributed by atoms with Gasteiger partial charge in [0.1, 0.15) is 18.5 Å². The second-order valence-electron chi connectivity index (χ2n) is 3.91. The van der Waals surface area contributed by atoms with Crippen LogP contribution >= 0.6 is 0 Å². The summed E-state index contributed by atoms with van der Waals surface area (Å²) in [6.07, 6.45) is 0.153. The molecule has 5 nitrogen and oxygen atoms in total. The van der Waals surface area contributed by atoms with E-state index in [9.17, 15) is 14.0 Å². The lowest BCUT2D eigenvalue weighted by Crippen LogP contribution is -2.44. The fraction of sp³-hybridized carbons (Fsp3) is 0.385. The molecule has 1 aromatic carbocycles. The molecule has 0 aliphatic heterocycles. The summed E-state index contributed by atoms with van der Waals surface area (Å²) >= 11 is 0. The summed E-state index contributed by atoms with van der Waals surface area (Å²) in [5.41, 5.74) is 0.591. The lowest BCUT2D eigenvalue weighted by atomic mass is 10.1. The van der Waals surface area contributed by atoms with Gasteiger partial charge < -0.3 is 14.8 Å². The second kappa shape index (κ2) is 7.48. The highest BCUT2D eigenvalue weighted by Crippen LogP contribution is 2.07. The maximum absolute atomic E-state index is 13.1. The van der Waals surface area contributed by atoms with Gasteiger partial charge >= 0.3 is 5.97 Å². The molecule has 0 aliphatic rings. The number of methoxy groups -OCH3 is 2. The minimum atomic E-state index is -0.866. The van der Waals surface area contributed by atoms with E-state index in [0.717, 1.165) is 0 Å². The first kappa shape index (κ1) is 15.1. The normalized spacial score (nSPS) is 11.7. The van der Waals surface area contributed by atoms with Crippen LogP contribution in [0.5, 0.6) is 0 Å². The smallest absolute Gasteiger partial charge is 0.328 e. The highest BCUT2D eigenvalue weighted by atomic mass is 19.1. The van der Waals surface area contributed by atoms with Crippen molar-refractivity contribution in [2.75, 3.05) is 20.8 Å². The van der Waals surface area contributed by atoms with Crippen LogP contribution in [0, 0.1) is 5.82 Å². The monoisotopic (exact) mass is 269 g/mol. The Morgan fingerprint density at radius 1 is 1.37 bits per heavy atom. The number of esters is 1. The zero-order chi connectivity index (χ0) is 14.3. The molecule has 19 heavy (non-hydrogen) atoms. The molecule has 0 spiro atoms. The molecule has 0 radical (unpaired) electrons. The Morgan fingerprint density at radius 2 is 2.11 bits per heavy atom. The quantitative estimate of drug-likeness (QED) is 0.771. The van der Waals surface area contributed by atoms with Crippen molar-refractivity contribution in [1.29, 1.82) is 0 Å². The largest absolute Gasteiger partial charge is 0.467 e. The van der Waals surface area contributed by atoms with Crippen LogP contribution in [0.25, 0.3) is 0 Å². The predicted octanol–water partition coefficient (Wildman–Crippen LogP) is 0.672. The number of rotatable bonds is 6. The van der Waals surface area contributed by atoms with E-state index in [-0.39, 0.29) is 13.0 Å². The topological polar surface area (TPSA) is 64.6 Å². The molecule has 1 rings (SSSR count). The van der Waals surface area contributed by atoms with E-state index >= 15 is 0 Å². The third-order valence-electron chi connectivity index (χ3n) is 2.43. The number of halogens is 1. The Kier molecular flexibility index (Phi) is 5.95. The first-order valence-electron chi connectivity index (χ1n) is 5.67. The molecule has 0 heterocycles. The van der Waals surface area contributed by atoms with Crippen molar-refractivity contribution in [2.45, 2.75) is 12.5 Å². The molecular weight excluding hydrogens is 253 g/mol. The number of amides is 1. The van der Waals surface area contributed by atoms with E-state index in [0.29, 0.717) is 5.56 Å². The average Bonchev–Trinajstić information content (AvgIpc) is 2.37. The van der Waals surface area contributed by atoms with Gasteiger partial charge in [0.25, 0.3) is 0 Å².